The van der Waals surface area contributed by atoms with E-state index >= 15 is 0 Å². The van der Waals surface area contributed by atoms with Crippen LogP contribution in [0.1, 0.15) is 12.0 Å². The lowest BCUT2D eigenvalue weighted by atomic mass is 10.00. The smallest absolute Gasteiger partial charge is 0.141 e. The van der Waals surface area contributed by atoms with Crippen LogP contribution in [-0.2, 0) is 0 Å². The molecule has 1 aromatic carbocycles. The average Bonchev–Trinajstić information content (AvgIpc) is 3.53. The number of methoxy groups -OCH3 is 2. The largest absolute Gasteiger partial charge is 0.496 e. The minimum absolute atomic E-state index is 0.496. The molecule has 1 saturated carbocycles. The van der Waals surface area contributed by atoms with E-state index in [0.29, 0.717) is 22.6 Å². The van der Waals surface area contributed by atoms with E-state index in [1.807, 2.05) is 12.1 Å². The molecule has 2 unspecified atom stereocenters. The second kappa shape index (κ2) is 7.47. The number of piperazine rings is 1. The normalized spacial score (nSPS) is 25.3. The SMILES string of the molecule is COc1cc(OC)c(C2=CN3C=CC(N4CCNCC4)=CC3=CC3CC23)cc1Cl. The molecule has 1 aliphatic carbocycles. The first-order valence-electron chi connectivity index (χ1n) is 10.2. The number of rotatable bonds is 4. The van der Waals surface area contributed by atoms with Gasteiger partial charge in [0.2, 0.25) is 0 Å². The van der Waals surface area contributed by atoms with E-state index in [1.165, 1.54) is 17.0 Å². The summed E-state index contributed by atoms with van der Waals surface area (Å²) in [7, 11) is 3.32. The summed E-state index contributed by atoms with van der Waals surface area (Å²) in [5.74, 6) is 2.48. The fraction of sp³-hybridized carbons (Fsp3) is 0.391. The molecule has 4 aliphatic rings. The van der Waals surface area contributed by atoms with Crippen molar-refractivity contribution in [3.8, 4) is 11.5 Å². The molecule has 3 heterocycles. The monoisotopic (exact) mass is 411 g/mol. The van der Waals surface area contributed by atoms with Gasteiger partial charge < -0.3 is 24.6 Å². The second-order valence-electron chi connectivity index (χ2n) is 7.90. The lowest BCUT2D eigenvalue weighted by molar-refractivity contribution is 0.305. The Morgan fingerprint density at radius 1 is 1.07 bits per heavy atom. The zero-order valence-electron chi connectivity index (χ0n) is 16.8. The number of nitrogens with one attached hydrogen (secondary N) is 1. The lowest BCUT2D eigenvalue weighted by Gasteiger charge is -2.33. The molecule has 5 nitrogen and oxygen atoms in total. The Balaban J connectivity index is 1.49. The molecule has 1 saturated heterocycles. The Morgan fingerprint density at radius 3 is 2.62 bits per heavy atom. The molecule has 1 aromatic rings. The zero-order valence-corrected chi connectivity index (χ0v) is 17.6. The molecule has 5 rings (SSSR count). The third-order valence-electron chi connectivity index (χ3n) is 6.17. The van der Waals surface area contributed by atoms with E-state index in [1.54, 1.807) is 14.2 Å². The van der Waals surface area contributed by atoms with Gasteiger partial charge >= 0.3 is 0 Å². The van der Waals surface area contributed by atoms with Crippen molar-refractivity contribution in [2.45, 2.75) is 6.42 Å². The molecule has 3 aliphatic heterocycles. The highest BCUT2D eigenvalue weighted by Gasteiger charge is 2.42. The predicted molar refractivity (Wildman–Crippen MR) is 116 cm³/mol. The molecule has 29 heavy (non-hydrogen) atoms. The van der Waals surface area contributed by atoms with E-state index < -0.39 is 0 Å². The average molecular weight is 412 g/mol. The Morgan fingerprint density at radius 2 is 1.86 bits per heavy atom. The lowest BCUT2D eigenvalue weighted by Crippen LogP contribution is -2.43. The maximum atomic E-state index is 6.45. The van der Waals surface area contributed by atoms with Crippen LogP contribution >= 0.6 is 11.6 Å². The van der Waals surface area contributed by atoms with Crippen LogP contribution in [0.25, 0.3) is 5.57 Å². The molecule has 152 valence electrons. The number of hydrogen-bond acceptors (Lipinski definition) is 5. The first-order valence-corrected chi connectivity index (χ1v) is 10.5. The highest BCUT2D eigenvalue weighted by atomic mass is 35.5. The molecule has 0 spiro atoms. The van der Waals surface area contributed by atoms with Gasteiger partial charge in [-0.25, -0.2) is 0 Å². The van der Waals surface area contributed by atoms with Crippen LogP contribution in [0.5, 0.6) is 11.5 Å². The van der Waals surface area contributed by atoms with Gasteiger partial charge in [-0.2, -0.15) is 0 Å². The van der Waals surface area contributed by atoms with Crippen LogP contribution in [0.15, 0.2) is 54.2 Å². The summed E-state index contributed by atoms with van der Waals surface area (Å²) >= 11 is 6.45. The van der Waals surface area contributed by atoms with Crippen LogP contribution in [0, 0.1) is 11.8 Å². The van der Waals surface area contributed by atoms with Crippen LogP contribution < -0.4 is 14.8 Å². The van der Waals surface area contributed by atoms with E-state index in [4.69, 9.17) is 21.1 Å². The van der Waals surface area contributed by atoms with Gasteiger partial charge in [0.05, 0.1) is 19.2 Å². The van der Waals surface area contributed by atoms with E-state index in [9.17, 15) is 0 Å². The van der Waals surface area contributed by atoms with Crippen molar-refractivity contribution in [2.24, 2.45) is 11.8 Å². The Hall–Kier alpha value is -2.37. The summed E-state index contributed by atoms with van der Waals surface area (Å²) < 4.78 is 11.0. The number of allylic oxidation sites excluding steroid dienone is 4. The minimum Gasteiger partial charge on any atom is -0.496 e. The van der Waals surface area contributed by atoms with Crippen molar-refractivity contribution >= 4 is 17.2 Å². The number of ether oxygens (including phenoxy) is 2. The molecule has 0 aromatic heterocycles. The summed E-state index contributed by atoms with van der Waals surface area (Å²) in [4.78, 5) is 4.68. The Labute approximate surface area is 176 Å². The van der Waals surface area contributed by atoms with Crippen molar-refractivity contribution in [1.29, 1.82) is 0 Å². The van der Waals surface area contributed by atoms with E-state index in [0.717, 1.165) is 43.9 Å². The second-order valence-corrected chi connectivity index (χ2v) is 8.31. The topological polar surface area (TPSA) is 37.0 Å². The fourth-order valence-electron chi connectivity index (χ4n) is 4.46. The van der Waals surface area contributed by atoms with Crippen molar-refractivity contribution in [3.05, 3.63) is 64.7 Å². The number of nitrogens with zero attached hydrogens (tertiary/aromatic N) is 2. The van der Waals surface area contributed by atoms with Gasteiger partial charge in [0.25, 0.3) is 0 Å². The van der Waals surface area contributed by atoms with Gasteiger partial charge in [0.15, 0.2) is 0 Å². The van der Waals surface area contributed by atoms with Gasteiger partial charge in [-0.05, 0) is 42.0 Å². The van der Waals surface area contributed by atoms with Crippen LogP contribution in [0.3, 0.4) is 0 Å². The Bertz CT molecular complexity index is 944. The van der Waals surface area contributed by atoms with Crippen molar-refractivity contribution < 1.29 is 9.47 Å². The van der Waals surface area contributed by atoms with Gasteiger partial charge in [0.1, 0.15) is 11.5 Å². The zero-order chi connectivity index (χ0) is 20.0. The van der Waals surface area contributed by atoms with Gasteiger partial charge in [-0.3, -0.25) is 0 Å². The summed E-state index contributed by atoms with van der Waals surface area (Å²) in [6.07, 6.45) is 12.5. The molecule has 1 N–H and O–H groups in total. The standard InChI is InChI=1S/C23H26ClN3O2/c1-28-22-13-23(29-2)21(24)12-19(22)20-14-27-6-3-16(26-7-4-25-5-8-26)11-17(27)9-15-10-18(15)20/h3,6,9,11-15,18,25H,4-5,7-8,10H2,1-2H3. The highest BCUT2D eigenvalue weighted by molar-refractivity contribution is 6.32. The molecule has 0 amide bonds. The molecular formula is C23H26ClN3O2. The molecule has 0 bridgehead atoms. The fourth-order valence-corrected chi connectivity index (χ4v) is 4.71. The molecular weight excluding hydrogens is 386 g/mol. The summed E-state index contributed by atoms with van der Waals surface area (Å²) in [6.45, 7) is 4.19. The molecule has 6 heteroatoms. The van der Waals surface area contributed by atoms with Gasteiger partial charge in [-0.15, -0.1) is 0 Å². The number of halogens is 1. The van der Waals surface area contributed by atoms with E-state index in [-0.39, 0.29) is 0 Å². The maximum Gasteiger partial charge on any atom is 0.141 e. The Kier molecular flexibility index (Phi) is 4.80. The van der Waals surface area contributed by atoms with E-state index in [2.05, 4.69) is 45.7 Å². The summed E-state index contributed by atoms with van der Waals surface area (Å²) in [6, 6.07) is 3.85. The van der Waals surface area contributed by atoms with Crippen LogP contribution in [-0.4, -0.2) is 50.2 Å². The van der Waals surface area contributed by atoms with Crippen molar-refractivity contribution in [1.82, 2.24) is 15.1 Å². The van der Waals surface area contributed by atoms with Crippen molar-refractivity contribution in [3.63, 3.8) is 0 Å². The first kappa shape index (κ1) is 18.6. The summed E-state index contributed by atoms with van der Waals surface area (Å²) in [5.41, 5.74) is 4.87. The third-order valence-corrected chi connectivity index (χ3v) is 6.46. The number of fused-ring (bicyclic) bond motifs is 2. The maximum absolute atomic E-state index is 6.45. The van der Waals surface area contributed by atoms with Crippen LogP contribution in [0.4, 0.5) is 0 Å². The first-order chi connectivity index (χ1) is 14.2. The number of benzene rings is 1. The predicted octanol–water partition coefficient (Wildman–Crippen LogP) is 3.85. The molecule has 2 atom stereocenters. The third kappa shape index (κ3) is 3.43. The summed E-state index contributed by atoms with van der Waals surface area (Å²) in [5, 5.41) is 4.03. The van der Waals surface area contributed by atoms with Crippen molar-refractivity contribution in [2.75, 3.05) is 40.4 Å². The van der Waals surface area contributed by atoms with Gasteiger partial charge in [-0.1, -0.05) is 17.7 Å². The highest BCUT2D eigenvalue weighted by Crippen LogP contribution is 2.54. The quantitative estimate of drug-likeness (QED) is 0.814. The van der Waals surface area contributed by atoms with Crippen LogP contribution in [0.2, 0.25) is 5.02 Å². The minimum atomic E-state index is 0.496. The number of hydrogen-bond donors (Lipinski definition) is 1. The molecule has 0 radical (unpaired) electrons. The van der Waals surface area contributed by atoms with Gasteiger partial charge in [0, 0.05) is 61.6 Å². The molecule has 2 fully saturated rings.